The predicted molar refractivity (Wildman–Crippen MR) is 116 cm³/mol. The second-order valence-electron chi connectivity index (χ2n) is 5.18. The molecular formula is C15H33CrN3O6S3. The summed E-state index contributed by atoms with van der Waals surface area (Å²) >= 11 is 4.81. The van der Waals surface area contributed by atoms with E-state index in [0.29, 0.717) is 19.3 Å². The van der Waals surface area contributed by atoms with Crippen molar-refractivity contribution in [1.29, 1.82) is 0 Å². The van der Waals surface area contributed by atoms with Crippen molar-refractivity contribution in [1.82, 2.24) is 0 Å². The first-order chi connectivity index (χ1) is 12.5. The Labute approximate surface area is 190 Å². The van der Waals surface area contributed by atoms with Crippen molar-refractivity contribution in [2.75, 3.05) is 36.0 Å². The predicted octanol–water partition coefficient (Wildman–Crippen LogP) is 0.452. The Morgan fingerprint density at radius 1 is 0.643 bits per heavy atom. The van der Waals surface area contributed by atoms with E-state index in [1.165, 1.54) is 0 Å². The average Bonchev–Trinajstić information content (AvgIpc) is 2.62. The Bertz CT molecular complexity index is 354. The number of carboxylic acid groups (broad SMARTS) is 3. The molecule has 0 aliphatic rings. The van der Waals surface area contributed by atoms with Crippen LogP contribution in [0.3, 0.4) is 0 Å². The molecule has 0 fully saturated rings. The minimum absolute atomic E-state index is 0. The van der Waals surface area contributed by atoms with Gasteiger partial charge in [0.25, 0.3) is 0 Å². The summed E-state index contributed by atoms with van der Waals surface area (Å²) in [7, 11) is 0. The third-order valence-electron chi connectivity index (χ3n) is 2.85. The number of carbonyl (C=O) groups is 3. The first kappa shape index (κ1) is 35.3. The normalized spacial score (nSPS) is 12.6. The summed E-state index contributed by atoms with van der Waals surface area (Å²) in [5.41, 5.74) is 15.6. The van der Waals surface area contributed by atoms with Crippen molar-refractivity contribution < 1.29 is 47.1 Å². The van der Waals surface area contributed by atoms with Gasteiger partial charge in [-0.2, -0.15) is 35.3 Å². The molecule has 0 unspecified atom stereocenters. The van der Waals surface area contributed by atoms with E-state index in [4.69, 9.17) is 32.5 Å². The van der Waals surface area contributed by atoms with Gasteiger partial charge >= 0.3 is 17.9 Å². The second kappa shape index (κ2) is 24.9. The molecular weight excluding hydrogens is 466 g/mol. The van der Waals surface area contributed by atoms with Gasteiger partial charge in [-0.05, 0) is 55.3 Å². The van der Waals surface area contributed by atoms with E-state index < -0.39 is 36.0 Å². The Morgan fingerprint density at radius 3 is 0.929 bits per heavy atom. The Hall–Kier alpha value is -0.128. The number of nitrogens with two attached hydrogens (primary N) is 3. The average molecular weight is 500 g/mol. The third kappa shape index (κ3) is 28.1. The van der Waals surface area contributed by atoms with Crippen LogP contribution in [0.2, 0.25) is 0 Å². The first-order valence-corrected chi connectivity index (χ1v) is 12.1. The number of thioether (sulfide) groups is 3. The molecule has 0 saturated carbocycles. The van der Waals surface area contributed by atoms with Crippen molar-refractivity contribution in [2.45, 2.75) is 37.4 Å². The minimum atomic E-state index is -0.913. The molecule has 0 aliphatic heterocycles. The summed E-state index contributed by atoms with van der Waals surface area (Å²) in [6.45, 7) is 0. The molecule has 13 heteroatoms. The number of hydrogen-bond acceptors (Lipinski definition) is 9. The maximum Gasteiger partial charge on any atom is 0.320 e. The zero-order valence-corrected chi connectivity index (χ0v) is 20.1. The van der Waals surface area contributed by atoms with Crippen molar-refractivity contribution in [2.24, 2.45) is 17.2 Å². The molecule has 28 heavy (non-hydrogen) atoms. The quantitative estimate of drug-likeness (QED) is 0.218. The van der Waals surface area contributed by atoms with Crippen LogP contribution < -0.4 is 17.2 Å². The molecule has 168 valence electrons. The van der Waals surface area contributed by atoms with Crippen LogP contribution in [0.15, 0.2) is 0 Å². The van der Waals surface area contributed by atoms with Crippen LogP contribution in [0.1, 0.15) is 19.3 Å². The van der Waals surface area contributed by atoms with Crippen LogP contribution >= 0.6 is 35.3 Å². The topological polar surface area (TPSA) is 190 Å². The smallest absolute Gasteiger partial charge is 0.320 e. The molecule has 0 radical (unpaired) electrons. The summed E-state index contributed by atoms with van der Waals surface area (Å²) < 4.78 is 0. The molecule has 0 saturated heterocycles. The fraction of sp³-hybridized carbons (Fsp3) is 0.800. The van der Waals surface area contributed by atoms with Crippen LogP contribution in [0.4, 0.5) is 0 Å². The molecule has 0 amide bonds. The fourth-order valence-electron chi connectivity index (χ4n) is 1.10. The first-order valence-electron chi connectivity index (χ1n) is 7.96. The summed E-state index contributed by atoms with van der Waals surface area (Å²) in [5, 5.41) is 24.8. The Morgan fingerprint density at radius 2 is 0.821 bits per heavy atom. The van der Waals surface area contributed by atoms with E-state index in [9.17, 15) is 14.4 Å². The third-order valence-corrected chi connectivity index (χ3v) is 4.78. The number of carboxylic acids is 3. The van der Waals surface area contributed by atoms with Gasteiger partial charge in [0.1, 0.15) is 18.1 Å². The largest absolute Gasteiger partial charge is 0.480 e. The summed E-state index contributed by atoms with van der Waals surface area (Å²) in [4.78, 5) is 30.2. The van der Waals surface area contributed by atoms with Crippen LogP contribution in [0, 0.1) is 0 Å². The van der Waals surface area contributed by atoms with Crippen LogP contribution in [-0.2, 0) is 31.7 Å². The Balaban J connectivity index is -0.000000152. The van der Waals surface area contributed by atoms with Crippen molar-refractivity contribution in [3.05, 3.63) is 0 Å². The number of hydrogen-bond donors (Lipinski definition) is 6. The molecule has 3 atom stereocenters. The van der Waals surface area contributed by atoms with Gasteiger partial charge in [0.2, 0.25) is 0 Å². The fourth-order valence-corrected chi connectivity index (χ4v) is 2.57. The van der Waals surface area contributed by atoms with Crippen molar-refractivity contribution in [3.8, 4) is 0 Å². The van der Waals surface area contributed by atoms with Gasteiger partial charge in [-0.25, -0.2) is 0 Å². The molecule has 0 spiro atoms. The van der Waals surface area contributed by atoms with Crippen LogP contribution in [0.25, 0.3) is 0 Å². The molecule has 0 bridgehead atoms. The maximum atomic E-state index is 10.1. The van der Waals surface area contributed by atoms with E-state index in [0.717, 1.165) is 17.3 Å². The number of rotatable bonds is 12. The van der Waals surface area contributed by atoms with E-state index in [2.05, 4.69) is 0 Å². The monoisotopic (exact) mass is 499 g/mol. The molecule has 0 aliphatic carbocycles. The molecule has 0 heterocycles. The molecule has 0 aromatic carbocycles. The van der Waals surface area contributed by atoms with Gasteiger partial charge in [-0.15, -0.1) is 0 Å². The summed E-state index contributed by atoms with van der Waals surface area (Å²) in [6, 6.07) is -2.05. The Kier molecular flexibility index (Phi) is 31.4. The maximum absolute atomic E-state index is 10.1. The molecule has 0 rings (SSSR count). The minimum Gasteiger partial charge on any atom is -0.480 e. The summed E-state index contributed by atoms with van der Waals surface area (Å²) in [6.07, 6.45) is 7.43. The van der Waals surface area contributed by atoms with E-state index in [1.807, 2.05) is 18.8 Å². The second-order valence-corrected chi connectivity index (χ2v) is 8.14. The van der Waals surface area contributed by atoms with E-state index in [1.54, 1.807) is 35.3 Å². The van der Waals surface area contributed by atoms with Crippen LogP contribution in [-0.4, -0.2) is 87.4 Å². The summed E-state index contributed by atoms with van der Waals surface area (Å²) in [5.74, 6) is -0.300. The van der Waals surface area contributed by atoms with E-state index >= 15 is 0 Å². The molecule has 0 aromatic rings. The van der Waals surface area contributed by atoms with E-state index in [-0.39, 0.29) is 17.4 Å². The van der Waals surface area contributed by atoms with Gasteiger partial charge < -0.3 is 32.5 Å². The van der Waals surface area contributed by atoms with Gasteiger partial charge in [-0.1, -0.05) is 0 Å². The van der Waals surface area contributed by atoms with Gasteiger partial charge in [0, 0.05) is 17.4 Å². The van der Waals surface area contributed by atoms with Gasteiger partial charge in [-0.3, -0.25) is 14.4 Å². The van der Waals surface area contributed by atoms with Gasteiger partial charge in [0.05, 0.1) is 0 Å². The van der Waals surface area contributed by atoms with Crippen LogP contribution in [0.5, 0.6) is 0 Å². The molecule has 9 N–H and O–H groups in total. The van der Waals surface area contributed by atoms with Crippen molar-refractivity contribution in [3.63, 3.8) is 0 Å². The zero-order valence-electron chi connectivity index (χ0n) is 16.4. The molecule has 0 aromatic heterocycles. The SMILES string of the molecule is CSCC[C@H](N)C(=O)O.CSCC[C@H](N)C(=O)O.CSCC[C@H](N)C(=O)O.[Cr]. The van der Waals surface area contributed by atoms with Gasteiger partial charge in [0.15, 0.2) is 0 Å². The standard InChI is InChI=1S/3C5H11NO2S.Cr/c3*1-9-3-2-4(6)5(7)8;/h3*4H,2-3,6H2,1H3,(H,7,8);/t3*4-;/m000./s1. The number of aliphatic carboxylic acids is 3. The molecule has 9 nitrogen and oxygen atoms in total. The zero-order chi connectivity index (χ0) is 21.8. The van der Waals surface area contributed by atoms with Crippen molar-refractivity contribution >= 4 is 53.2 Å².